The zero-order valence-corrected chi connectivity index (χ0v) is 9.30. The molecule has 0 fully saturated rings. The highest BCUT2D eigenvalue weighted by Crippen LogP contribution is 1.84. The second-order valence-electron chi connectivity index (χ2n) is 2.91. The Morgan fingerprint density at radius 2 is 2.20 bits per heavy atom. The van der Waals surface area contributed by atoms with Gasteiger partial charge in [0.25, 0.3) is 5.56 Å². The van der Waals surface area contributed by atoms with E-state index in [2.05, 4.69) is 9.98 Å². The molecule has 6 nitrogen and oxygen atoms in total. The van der Waals surface area contributed by atoms with E-state index in [4.69, 9.17) is 5.73 Å². The molecule has 0 saturated heterocycles. The number of hydrogen-bond donors (Lipinski definition) is 2. The number of nitrogens with zero attached hydrogens (tertiary/aromatic N) is 2. The summed E-state index contributed by atoms with van der Waals surface area (Å²) >= 11 is 0. The van der Waals surface area contributed by atoms with Crippen LogP contribution in [0.15, 0.2) is 20.8 Å². The fraction of sp³-hybridized carbons (Fsp3) is 0.375. The van der Waals surface area contributed by atoms with Crippen LogP contribution in [0.5, 0.6) is 0 Å². The number of aromatic amines is 1. The number of H-pyrrole nitrogens is 1. The van der Waals surface area contributed by atoms with Crippen LogP contribution >= 0.6 is 12.4 Å². The molecular weight excluding hydrogens is 220 g/mol. The fourth-order valence-corrected chi connectivity index (χ4v) is 0.981. The van der Waals surface area contributed by atoms with Crippen molar-refractivity contribution >= 4 is 18.2 Å². The van der Waals surface area contributed by atoms with Crippen LogP contribution in [0.2, 0.25) is 0 Å². The molecule has 0 bridgehead atoms. The first-order chi connectivity index (χ1) is 6.54. The molecule has 0 unspecified atom stereocenters. The van der Waals surface area contributed by atoms with Crippen molar-refractivity contribution in [3.05, 3.63) is 32.6 Å². The van der Waals surface area contributed by atoms with E-state index in [9.17, 15) is 9.59 Å². The lowest BCUT2D eigenvalue weighted by Gasteiger charge is -2.04. The first-order valence-electron chi connectivity index (χ1n) is 4.06. The standard InChI is InChI=1S/C8H12N4O2.ClH/c1-5-3-12(4-6(9)10-2)8(14)11-7(5)13;/h3H,4H2,1-2H3,(H2,9,10)(H,11,13,14);1H. The maximum Gasteiger partial charge on any atom is 0.328 e. The van der Waals surface area contributed by atoms with Crippen LogP contribution in [0.25, 0.3) is 0 Å². The van der Waals surface area contributed by atoms with Gasteiger partial charge in [-0.3, -0.25) is 19.3 Å². The van der Waals surface area contributed by atoms with Gasteiger partial charge in [0.1, 0.15) is 5.84 Å². The van der Waals surface area contributed by atoms with Gasteiger partial charge in [-0.1, -0.05) is 0 Å². The highest BCUT2D eigenvalue weighted by molar-refractivity contribution is 5.85. The fourth-order valence-electron chi connectivity index (χ4n) is 0.981. The number of halogens is 1. The summed E-state index contributed by atoms with van der Waals surface area (Å²) in [6.07, 6.45) is 1.46. The molecular formula is C8H13ClN4O2. The highest BCUT2D eigenvalue weighted by atomic mass is 35.5. The van der Waals surface area contributed by atoms with Gasteiger partial charge in [0, 0.05) is 18.8 Å². The van der Waals surface area contributed by atoms with Gasteiger partial charge in [0.15, 0.2) is 0 Å². The Morgan fingerprint density at radius 1 is 1.60 bits per heavy atom. The minimum atomic E-state index is -0.479. The first kappa shape index (κ1) is 13.4. The van der Waals surface area contributed by atoms with Gasteiger partial charge in [-0.15, -0.1) is 12.4 Å². The molecule has 0 aliphatic heterocycles. The molecule has 3 N–H and O–H groups in total. The monoisotopic (exact) mass is 232 g/mol. The molecule has 1 rings (SSSR count). The van der Waals surface area contributed by atoms with Gasteiger partial charge >= 0.3 is 5.69 Å². The van der Waals surface area contributed by atoms with Gasteiger partial charge < -0.3 is 5.73 Å². The lowest BCUT2D eigenvalue weighted by molar-refractivity contribution is 0.744. The van der Waals surface area contributed by atoms with Crippen LogP contribution in [-0.2, 0) is 6.54 Å². The Bertz CT molecular complexity index is 474. The molecule has 0 amide bonds. The van der Waals surface area contributed by atoms with Crippen LogP contribution in [0.3, 0.4) is 0 Å². The van der Waals surface area contributed by atoms with Gasteiger partial charge in [-0.2, -0.15) is 0 Å². The highest BCUT2D eigenvalue weighted by Gasteiger charge is 2.01. The molecule has 0 spiro atoms. The summed E-state index contributed by atoms with van der Waals surface area (Å²) < 4.78 is 1.30. The molecule has 0 saturated carbocycles. The molecule has 0 aliphatic rings. The summed E-state index contributed by atoms with van der Waals surface area (Å²) in [6.45, 7) is 1.81. The third kappa shape index (κ3) is 3.25. The Hall–Kier alpha value is -1.56. The summed E-state index contributed by atoms with van der Waals surface area (Å²) in [5.41, 5.74) is 5.07. The van der Waals surface area contributed by atoms with Crippen molar-refractivity contribution in [3.63, 3.8) is 0 Å². The van der Waals surface area contributed by atoms with E-state index in [1.165, 1.54) is 10.8 Å². The number of nitrogens with two attached hydrogens (primary N) is 1. The maximum atomic E-state index is 11.2. The van der Waals surface area contributed by atoms with E-state index < -0.39 is 5.69 Å². The van der Waals surface area contributed by atoms with Crippen molar-refractivity contribution in [2.75, 3.05) is 7.05 Å². The number of aryl methyl sites for hydroxylation is 1. The summed E-state index contributed by atoms with van der Waals surface area (Å²) in [7, 11) is 1.54. The maximum absolute atomic E-state index is 11.2. The quantitative estimate of drug-likeness (QED) is 0.519. The van der Waals surface area contributed by atoms with E-state index in [0.29, 0.717) is 11.4 Å². The average Bonchev–Trinajstić information content (AvgIpc) is 2.14. The second kappa shape index (κ2) is 5.35. The van der Waals surface area contributed by atoms with E-state index in [1.807, 2.05) is 0 Å². The largest absolute Gasteiger partial charge is 0.386 e. The molecule has 84 valence electrons. The predicted molar refractivity (Wildman–Crippen MR) is 60.9 cm³/mol. The Balaban J connectivity index is 0.00000196. The number of nitrogens with one attached hydrogen (secondary N) is 1. The minimum Gasteiger partial charge on any atom is -0.386 e. The first-order valence-corrected chi connectivity index (χ1v) is 4.06. The number of aliphatic imine (C=N–C) groups is 1. The van der Waals surface area contributed by atoms with Crippen molar-refractivity contribution in [1.29, 1.82) is 0 Å². The van der Waals surface area contributed by atoms with Crippen molar-refractivity contribution in [1.82, 2.24) is 9.55 Å². The van der Waals surface area contributed by atoms with Gasteiger partial charge in [-0.05, 0) is 6.92 Å². The smallest absolute Gasteiger partial charge is 0.328 e. The summed E-state index contributed by atoms with van der Waals surface area (Å²) in [6, 6.07) is 0. The molecule has 0 radical (unpaired) electrons. The van der Waals surface area contributed by atoms with Crippen LogP contribution in [0.4, 0.5) is 0 Å². The van der Waals surface area contributed by atoms with Gasteiger partial charge in [0.2, 0.25) is 0 Å². The number of aromatic nitrogens is 2. The Morgan fingerprint density at radius 3 is 2.73 bits per heavy atom. The summed E-state index contributed by atoms with van der Waals surface area (Å²) in [5, 5.41) is 0. The van der Waals surface area contributed by atoms with E-state index in [0.717, 1.165) is 0 Å². The SMILES string of the molecule is CN=C(N)Cn1cc(C)c(=O)[nH]c1=O.Cl. The molecule has 0 aromatic carbocycles. The number of amidine groups is 1. The molecule has 1 aromatic heterocycles. The van der Waals surface area contributed by atoms with E-state index in [-0.39, 0.29) is 24.5 Å². The molecule has 15 heavy (non-hydrogen) atoms. The molecule has 0 atom stereocenters. The topological polar surface area (TPSA) is 93.2 Å². The van der Waals surface area contributed by atoms with Crippen molar-refractivity contribution < 1.29 is 0 Å². The van der Waals surface area contributed by atoms with Crippen molar-refractivity contribution in [2.45, 2.75) is 13.5 Å². The minimum absolute atomic E-state index is 0. The summed E-state index contributed by atoms with van der Waals surface area (Å²) in [5.74, 6) is 0.332. The van der Waals surface area contributed by atoms with Gasteiger partial charge in [0.05, 0.1) is 6.54 Å². The van der Waals surface area contributed by atoms with E-state index in [1.54, 1.807) is 14.0 Å². The lowest BCUT2D eigenvalue weighted by Crippen LogP contribution is -2.34. The van der Waals surface area contributed by atoms with Crippen LogP contribution in [-0.4, -0.2) is 22.4 Å². The zero-order valence-electron chi connectivity index (χ0n) is 8.48. The molecule has 1 heterocycles. The lowest BCUT2D eigenvalue weighted by atomic mass is 10.4. The van der Waals surface area contributed by atoms with Crippen molar-refractivity contribution in [2.24, 2.45) is 10.7 Å². The van der Waals surface area contributed by atoms with E-state index >= 15 is 0 Å². The average molecular weight is 233 g/mol. The molecule has 1 aromatic rings. The zero-order chi connectivity index (χ0) is 10.7. The molecule has 0 aliphatic carbocycles. The third-order valence-corrected chi connectivity index (χ3v) is 1.81. The van der Waals surface area contributed by atoms with Crippen LogP contribution < -0.4 is 17.0 Å². The number of hydrogen-bond acceptors (Lipinski definition) is 3. The molecule has 7 heteroatoms. The van der Waals surface area contributed by atoms with Crippen LogP contribution in [0.1, 0.15) is 5.56 Å². The number of rotatable bonds is 2. The third-order valence-electron chi connectivity index (χ3n) is 1.81. The van der Waals surface area contributed by atoms with Gasteiger partial charge in [-0.25, -0.2) is 4.79 Å². The Labute approximate surface area is 92.3 Å². The van der Waals surface area contributed by atoms with Crippen molar-refractivity contribution in [3.8, 4) is 0 Å². The second-order valence-corrected chi connectivity index (χ2v) is 2.91. The van der Waals surface area contributed by atoms with Crippen LogP contribution in [0, 0.1) is 6.92 Å². The predicted octanol–water partition coefficient (Wildman–Crippen LogP) is -0.746. The Kier molecular flexibility index (Phi) is 4.80. The summed E-state index contributed by atoms with van der Waals surface area (Å²) in [4.78, 5) is 28.2. The normalized spacial score (nSPS) is 10.9.